The number of fused-ring (bicyclic) bond motifs is 1. The molecule has 0 spiro atoms. The van der Waals surface area contributed by atoms with Crippen LogP contribution in [0.1, 0.15) is 49.8 Å². The van der Waals surface area contributed by atoms with E-state index in [1.54, 1.807) is 29.3 Å². The first-order valence-electron chi connectivity index (χ1n) is 11.4. The zero-order valence-electron chi connectivity index (χ0n) is 19.3. The van der Waals surface area contributed by atoms with Gasteiger partial charge in [0, 0.05) is 24.8 Å². The van der Waals surface area contributed by atoms with Crippen molar-refractivity contribution >= 4 is 11.0 Å². The molecular weight excluding hydrogens is 454 g/mol. The Morgan fingerprint density at radius 1 is 1.17 bits per heavy atom. The summed E-state index contributed by atoms with van der Waals surface area (Å²) >= 11 is 0. The van der Waals surface area contributed by atoms with Crippen molar-refractivity contribution in [1.29, 1.82) is 5.26 Å². The lowest BCUT2D eigenvalue weighted by Gasteiger charge is -2.28. The Morgan fingerprint density at radius 2 is 1.97 bits per heavy atom. The molecule has 11 heteroatoms. The molecular formula is C24H24F2N8O. The highest BCUT2D eigenvalue weighted by Gasteiger charge is 2.25. The number of likely N-dealkylation sites (tertiary alicyclic amines) is 1. The van der Waals surface area contributed by atoms with Gasteiger partial charge in [0.1, 0.15) is 29.4 Å². The molecule has 1 atom stereocenters. The highest BCUT2D eigenvalue weighted by atomic mass is 19.3. The van der Waals surface area contributed by atoms with Crippen molar-refractivity contribution in [3.05, 3.63) is 54.2 Å². The smallest absolute Gasteiger partial charge is 0.320 e. The normalized spacial score (nSPS) is 15.5. The zero-order chi connectivity index (χ0) is 24.5. The Hall–Kier alpha value is -4.07. The first-order chi connectivity index (χ1) is 17.0. The summed E-state index contributed by atoms with van der Waals surface area (Å²) in [6.45, 7) is 2.34. The van der Waals surface area contributed by atoms with Crippen LogP contribution in [0.2, 0.25) is 0 Å². The quantitative estimate of drug-likeness (QED) is 0.372. The number of piperidine rings is 1. The van der Waals surface area contributed by atoms with Gasteiger partial charge >= 0.3 is 6.55 Å². The first kappa shape index (κ1) is 22.7. The van der Waals surface area contributed by atoms with Crippen molar-refractivity contribution in [3.8, 4) is 23.2 Å². The SMILES string of the molecule is Cc1c(-c2cc(O[C@H](C)c3ccccn3)c3c(c2)ncn3C(F)F)nnn1C1CCN(C#N)CC1. The number of imidazole rings is 1. The molecule has 0 saturated carbocycles. The fourth-order valence-corrected chi connectivity index (χ4v) is 4.54. The predicted molar refractivity (Wildman–Crippen MR) is 123 cm³/mol. The minimum Gasteiger partial charge on any atom is -0.482 e. The van der Waals surface area contributed by atoms with E-state index in [0.29, 0.717) is 35.6 Å². The predicted octanol–water partition coefficient (Wildman–Crippen LogP) is 4.65. The highest BCUT2D eigenvalue weighted by Crippen LogP contribution is 2.37. The number of benzene rings is 1. The lowest BCUT2D eigenvalue weighted by atomic mass is 10.0. The summed E-state index contributed by atoms with van der Waals surface area (Å²) in [5.74, 6) is 0.268. The number of hydrogen-bond acceptors (Lipinski definition) is 7. The van der Waals surface area contributed by atoms with Crippen LogP contribution >= 0.6 is 0 Å². The summed E-state index contributed by atoms with van der Waals surface area (Å²) in [7, 11) is 0. The molecule has 0 unspecified atom stereocenters. The fourth-order valence-electron chi connectivity index (χ4n) is 4.54. The van der Waals surface area contributed by atoms with E-state index >= 15 is 0 Å². The second-order valence-corrected chi connectivity index (χ2v) is 8.57. The molecule has 0 amide bonds. The van der Waals surface area contributed by atoms with Gasteiger partial charge in [0.05, 0.1) is 22.9 Å². The summed E-state index contributed by atoms with van der Waals surface area (Å²) in [6.07, 6.45) is 6.08. The van der Waals surface area contributed by atoms with E-state index in [0.717, 1.165) is 29.4 Å². The zero-order valence-corrected chi connectivity index (χ0v) is 19.3. The van der Waals surface area contributed by atoms with Gasteiger partial charge in [-0.05, 0) is 51.0 Å². The van der Waals surface area contributed by atoms with E-state index in [-0.39, 0.29) is 17.3 Å². The number of halogens is 2. The molecule has 1 saturated heterocycles. The van der Waals surface area contributed by atoms with Crippen molar-refractivity contribution in [3.63, 3.8) is 0 Å². The van der Waals surface area contributed by atoms with Crippen LogP contribution in [0.3, 0.4) is 0 Å². The maximum Gasteiger partial charge on any atom is 0.320 e. The van der Waals surface area contributed by atoms with Gasteiger partial charge < -0.3 is 9.64 Å². The Bertz CT molecular complexity index is 1370. The second-order valence-electron chi connectivity index (χ2n) is 8.57. The van der Waals surface area contributed by atoms with Crippen LogP contribution in [0.5, 0.6) is 5.75 Å². The molecule has 0 radical (unpaired) electrons. The van der Waals surface area contributed by atoms with Crippen LogP contribution in [0.4, 0.5) is 8.78 Å². The number of rotatable bonds is 6. The molecule has 35 heavy (non-hydrogen) atoms. The average Bonchev–Trinajstić information content (AvgIpc) is 3.48. The van der Waals surface area contributed by atoms with Crippen LogP contribution in [0, 0.1) is 18.4 Å². The molecule has 0 bridgehead atoms. The van der Waals surface area contributed by atoms with Gasteiger partial charge in [0.2, 0.25) is 0 Å². The summed E-state index contributed by atoms with van der Waals surface area (Å²) in [5, 5.41) is 17.9. The minimum absolute atomic E-state index is 0.141. The fraction of sp³-hybridized carbons (Fsp3) is 0.375. The third-order valence-corrected chi connectivity index (χ3v) is 6.41. The summed E-state index contributed by atoms with van der Waals surface area (Å²) < 4.78 is 36.3. The van der Waals surface area contributed by atoms with Crippen molar-refractivity contribution in [2.24, 2.45) is 0 Å². The maximum atomic E-state index is 13.7. The number of aromatic nitrogens is 6. The Morgan fingerprint density at radius 3 is 2.66 bits per heavy atom. The number of pyridine rings is 1. The molecule has 4 aromatic rings. The molecule has 1 aliphatic heterocycles. The number of nitriles is 1. The van der Waals surface area contributed by atoms with Gasteiger partial charge in [0.15, 0.2) is 6.19 Å². The molecule has 1 aliphatic rings. The second kappa shape index (κ2) is 9.29. The van der Waals surface area contributed by atoms with Crippen molar-refractivity contribution in [2.45, 2.75) is 45.4 Å². The monoisotopic (exact) mass is 478 g/mol. The topological polar surface area (TPSA) is 97.7 Å². The third-order valence-electron chi connectivity index (χ3n) is 6.41. The van der Waals surface area contributed by atoms with E-state index in [9.17, 15) is 8.78 Å². The number of hydrogen-bond donors (Lipinski definition) is 0. The van der Waals surface area contributed by atoms with Gasteiger partial charge in [-0.3, -0.25) is 9.55 Å². The van der Waals surface area contributed by atoms with Crippen LogP contribution in [-0.4, -0.2) is 47.5 Å². The van der Waals surface area contributed by atoms with E-state index in [1.165, 1.54) is 0 Å². The van der Waals surface area contributed by atoms with Crippen LogP contribution in [0.15, 0.2) is 42.9 Å². The van der Waals surface area contributed by atoms with Gasteiger partial charge in [-0.25, -0.2) is 9.67 Å². The number of alkyl halides is 2. The largest absolute Gasteiger partial charge is 0.482 e. The molecule has 3 aromatic heterocycles. The van der Waals surface area contributed by atoms with E-state index in [4.69, 9.17) is 10.00 Å². The lowest BCUT2D eigenvalue weighted by Crippen LogP contribution is -2.31. The average molecular weight is 479 g/mol. The summed E-state index contributed by atoms with van der Waals surface area (Å²) in [4.78, 5) is 10.3. The van der Waals surface area contributed by atoms with Crippen LogP contribution < -0.4 is 4.74 Å². The molecule has 180 valence electrons. The highest BCUT2D eigenvalue weighted by molar-refractivity contribution is 5.87. The lowest BCUT2D eigenvalue weighted by molar-refractivity contribution is 0.0737. The number of ether oxygens (including phenoxy) is 1. The molecule has 1 fully saturated rings. The molecule has 0 aliphatic carbocycles. The number of nitrogens with zero attached hydrogens (tertiary/aromatic N) is 8. The molecule has 0 N–H and O–H groups in total. The summed E-state index contributed by atoms with van der Waals surface area (Å²) in [6, 6.07) is 9.05. The first-order valence-corrected chi connectivity index (χ1v) is 11.4. The molecule has 1 aromatic carbocycles. The molecule has 4 heterocycles. The maximum absolute atomic E-state index is 13.7. The minimum atomic E-state index is -2.76. The van der Waals surface area contributed by atoms with Crippen LogP contribution in [0.25, 0.3) is 22.3 Å². The van der Waals surface area contributed by atoms with E-state index in [1.807, 2.05) is 30.7 Å². The van der Waals surface area contributed by atoms with Crippen LogP contribution in [-0.2, 0) is 0 Å². The summed E-state index contributed by atoms with van der Waals surface area (Å²) in [5.41, 5.74) is 3.44. The van der Waals surface area contributed by atoms with Gasteiger partial charge in [-0.1, -0.05) is 11.3 Å². The molecule has 5 rings (SSSR count). The Balaban J connectivity index is 1.53. The van der Waals surface area contributed by atoms with E-state index < -0.39 is 12.7 Å². The Kier molecular flexibility index (Phi) is 6.03. The van der Waals surface area contributed by atoms with Gasteiger partial charge in [0.25, 0.3) is 0 Å². The van der Waals surface area contributed by atoms with Gasteiger partial charge in [-0.2, -0.15) is 14.0 Å². The van der Waals surface area contributed by atoms with Gasteiger partial charge in [-0.15, -0.1) is 5.10 Å². The van der Waals surface area contributed by atoms with Crippen molar-refractivity contribution in [2.75, 3.05) is 13.1 Å². The van der Waals surface area contributed by atoms with E-state index in [2.05, 4.69) is 26.5 Å². The van der Waals surface area contributed by atoms with Crippen molar-refractivity contribution < 1.29 is 13.5 Å². The van der Waals surface area contributed by atoms with Crippen molar-refractivity contribution in [1.82, 2.24) is 34.4 Å². The molecule has 9 nitrogen and oxygen atoms in total. The third kappa shape index (κ3) is 4.27. The Labute approximate surface area is 200 Å². The standard InChI is InChI=1S/C24H24F2N8O/c1-15-22(30-31-34(15)18-6-9-32(13-27)10-7-18)17-11-20-23(33(14-29-20)24(25)26)21(12-17)35-16(2)19-5-3-4-8-28-19/h3-5,8,11-12,14,16,18,24H,6-7,9-10H2,1-2H3/t16-/m1/s1.